The van der Waals surface area contributed by atoms with Crippen LogP contribution in [0.5, 0.6) is 5.75 Å². The van der Waals surface area contributed by atoms with Crippen LogP contribution in [0.25, 0.3) is 0 Å². The molecule has 0 saturated heterocycles. The first-order chi connectivity index (χ1) is 20.4. The number of benzene rings is 2. The number of hydrogen-bond acceptors (Lipinski definition) is 7. The highest BCUT2D eigenvalue weighted by molar-refractivity contribution is 7.87. The molecule has 5 rings (SSSR count). The third-order valence-corrected chi connectivity index (χ3v) is 10.2. The molecule has 0 radical (unpaired) electrons. The highest BCUT2D eigenvalue weighted by Gasteiger charge is 2.50. The molecule has 0 bridgehead atoms. The number of carbonyl (C=O) groups is 3. The van der Waals surface area contributed by atoms with E-state index < -0.39 is 32.8 Å². The summed E-state index contributed by atoms with van der Waals surface area (Å²) in [6.07, 6.45) is 1.00. The lowest BCUT2D eigenvalue weighted by Gasteiger charge is -2.49. The second-order valence-corrected chi connectivity index (χ2v) is 16.0. The summed E-state index contributed by atoms with van der Waals surface area (Å²) in [5, 5.41) is 9.96. The Morgan fingerprint density at radius 3 is 1.91 bits per heavy atom. The molecule has 8 nitrogen and oxygen atoms in total. The monoisotopic (exact) mass is 679 g/mol. The quantitative estimate of drug-likeness (QED) is 0.298. The Morgan fingerprint density at radius 2 is 1.41 bits per heavy atom. The lowest BCUT2D eigenvalue weighted by Crippen LogP contribution is -2.45. The minimum absolute atomic E-state index is 0.0665. The Kier molecular flexibility index (Phi) is 8.51. The molecule has 0 unspecified atom stereocenters. The molecule has 0 spiro atoms. The minimum atomic E-state index is -4.44. The van der Waals surface area contributed by atoms with Crippen LogP contribution in [0, 0.1) is 10.8 Å². The van der Waals surface area contributed by atoms with Gasteiger partial charge in [-0.05, 0) is 60.1 Å². The summed E-state index contributed by atoms with van der Waals surface area (Å²) in [7, 11) is -4.44. The zero-order chi connectivity index (χ0) is 32.4. The fourth-order valence-corrected chi connectivity index (χ4v) is 8.17. The first-order valence-corrected chi connectivity index (χ1v) is 16.6. The molecule has 3 aliphatic rings. The van der Waals surface area contributed by atoms with Crippen LogP contribution in [-0.2, 0) is 24.5 Å². The van der Waals surface area contributed by atoms with Crippen molar-refractivity contribution >= 4 is 62.5 Å². The standard InChI is InChI=1S/C32H32Cl3NO7S/c1-31(2)13-22-28(24(37)15-31)27(29-23(36(22)10-9-26(39)40)14-32(3,4)16-25(29)38)20-11-18(34)12-21(35)30(20)43-44(41,42)19-7-5-17(33)6-8-19/h5-8,11-12,27H,9-10,13-16H2,1-4H3,(H,39,40). The molecule has 2 aliphatic carbocycles. The van der Waals surface area contributed by atoms with E-state index in [1.165, 1.54) is 36.4 Å². The number of carbonyl (C=O) groups excluding carboxylic acids is 2. The summed E-state index contributed by atoms with van der Waals surface area (Å²) < 4.78 is 32.6. The normalized spacial score (nSPS) is 20.0. The summed E-state index contributed by atoms with van der Waals surface area (Å²) in [4.78, 5) is 41.5. The maximum Gasteiger partial charge on any atom is 0.339 e. The third kappa shape index (κ3) is 6.29. The van der Waals surface area contributed by atoms with Crippen molar-refractivity contribution < 1.29 is 32.1 Å². The molecule has 0 aromatic heterocycles. The lowest BCUT2D eigenvalue weighted by atomic mass is 9.63. The maximum absolute atomic E-state index is 14.1. The van der Waals surface area contributed by atoms with Gasteiger partial charge >= 0.3 is 16.1 Å². The molecule has 0 saturated carbocycles. The van der Waals surface area contributed by atoms with Crippen LogP contribution in [0.3, 0.4) is 0 Å². The zero-order valence-electron chi connectivity index (χ0n) is 24.7. The molecule has 2 aromatic rings. The number of hydrogen-bond donors (Lipinski definition) is 1. The second-order valence-electron chi connectivity index (χ2n) is 13.1. The molecule has 1 aliphatic heterocycles. The SMILES string of the molecule is CC1(C)CC(=O)C2=C(C1)N(CCC(=O)O)C1=C(C(=O)CC(C)(C)C1)C2c1cc(Cl)cc(Cl)c1OS(=O)(=O)c1ccc(Cl)cc1. The molecule has 0 amide bonds. The molecule has 0 fully saturated rings. The van der Waals surface area contributed by atoms with Gasteiger partial charge in [-0.15, -0.1) is 0 Å². The first kappa shape index (κ1) is 32.5. The fraction of sp³-hybridized carbons (Fsp3) is 0.406. The Morgan fingerprint density at radius 1 is 0.886 bits per heavy atom. The number of halogens is 3. The number of carboxylic acid groups (broad SMARTS) is 1. The Bertz CT molecular complexity index is 1700. The summed E-state index contributed by atoms with van der Waals surface area (Å²) in [5.41, 5.74) is 1.10. The van der Waals surface area contributed by atoms with Gasteiger partial charge in [0.15, 0.2) is 17.3 Å². The average molecular weight is 681 g/mol. The van der Waals surface area contributed by atoms with Crippen molar-refractivity contribution in [2.75, 3.05) is 6.54 Å². The van der Waals surface area contributed by atoms with Gasteiger partial charge in [-0.3, -0.25) is 14.4 Å². The average Bonchev–Trinajstić information content (AvgIpc) is 2.87. The van der Waals surface area contributed by atoms with Crippen molar-refractivity contribution in [2.24, 2.45) is 10.8 Å². The Hall–Kier alpha value is -2.85. The molecular weight excluding hydrogens is 649 g/mol. The van der Waals surface area contributed by atoms with Gasteiger partial charge in [0.2, 0.25) is 0 Å². The first-order valence-electron chi connectivity index (χ1n) is 14.1. The van der Waals surface area contributed by atoms with Crippen LogP contribution < -0.4 is 4.18 Å². The largest absolute Gasteiger partial charge is 0.481 e. The molecular formula is C32H32Cl3NO7S. The van der Waals surface area contributed by atoms with Gasteiger partial charge in [0.25, 0.3) is 0 Å². The summed E-state index contributed by atoms with van der Waals surface area (Å²) in [5.74, 6) is -2.74. The Balaban J connectivity index is 1.79. The van der Waals surface area contributed by atoms with Crippen molar-refractivity contribution in [3.8, 4) is 5.75 Å². The number of rotatable bonds is 7. The zero-order valence-corrected chi connectivity index (χ0v) is 27.8. The fourth-order valence-electron chi connectivity index (χ4n) is 6.48. The van der Waals surface area contributed by atoms with Crippen LogP contribution in [0.2, 0.25) is 15.1 Å². The minimum Gasteiger partial charge on any atom is -0.481 e. The van der Waals surface area contributed by atoms with Crippen LogP contribution in [0.1, 0.15) is 71.3 Å². The highest BCUT2D eigenvalue weighted by atomic mass is 35.5. The second kappa shape index (κ2) is 11.5. The number of carboxylic acids is 1. The van der Waals surface area contributed by atoms with Crippen LogP contribution in [0.4, 0.5) is 0 Å². The van der Waals surface area contributed by atoms with Gasteiger partial charge in [0.05, 0.1) is 11.4 Å². The van der Waals surface area contributed by atoms with Crippen LogP contribution in [0.15, 0.2) is 63.8 Å². The topological polar surface area (TPSA) is 118 Å². The van der Waals surface area contributed by atoms with Crippen molar-refractivity contribution in [2.45, 2.75) is 70.6 Å². The van der Waals surface area contributed by atoms with E-state index in [0.717, 1.165) is 0 Å². The van der Waals surface area contributed by atoms with Crippen molar-refractivity contribution in [3.05, 3.63) is 79.6 Å². The predicted molar refractivity (Wildman–Crippen MR) is 168 cm³/mol. The van der Waals surface area contributed by atoms with Gasteiger partial charge < -0.3 is 14.2 Å². The molecule has 12 heteroatoms. The number of allylic oxidation sites excluding steroid dienone is 4. The van der Waals surface area contributed by atoms with E-state index in [0.29, 0.717) is 40.4 Å². The van der Waals surface area contributed by atoms with Crippen molar-refractivity contribution in [1.29, 1.82) is 0 Å². The van der Waals surface area contributed by atoms with Crippen molar-refractivity contribution in [1.82, 2.24) is 4.90 Å². The van der Waals surface area contributed by atoms with Crippen LogP contribution >= 0.6 is 34.8 Å². The number of ketones is 2. The van der Waals surface area contributed by atoms with E-state index in [1.807, 2.05) is 32.6 Å². The number of aliphatic carboxylic acids is 1. The summed E-state index contributed by atoms with van der Waals surface area (Å²) in [6, 6.07) is 8.23. The van der Waals surface area contributed by atoms with Crippen LogP contribution in [-0.4, -0.2) is 42.5 Å². The molecule has 1 heterocycles. The summed E-state index contributed by atoms with van der Waals surface area (Å²) in [6.45, 7) is 7.91. The molecule has 234 valence electrons. The van der Waals surface area contributed by atoms with E-state index >= 15 is 0 Å². The maximum atomic E-state index is 14.1. The van der Waals surface area contributed by atoms with Gasteiger partial charge in [-0.25, -0.2) is 0 Å². The molecule has 2 aromatic carbocycles. The van der Waals surface area contributed by atoms with Gasteiger partial charge in [-0.2, -0.15) is 8.42 Å². The van der Waals surface area contributed by atoms with E-state index in [2.05, 4.69) is 0 Å². The van der Waals surface area contributed by atoms with Crippen molar-refractivity contribution in [3.63, 3.8) is 0 Å². The summed E-state index contributed by atoms with van der Waals surface area (Å²) >= 11 is 19.1. The molecule has 44 heavy (non-hydrogen) atoms. The van der Waals surface area contributed by atoms with Gasteiger partial charge in [-0.1, -0.05) is 62.5 Å². The molecule has 0 atom stereocenters. The van der Waals surface area contributed by atoms with E-state index in [9.17, 15) is 27.9 Å². The third-order valence-electron chi connectivity index (χ3n) is 8.21. The Labute approximate surface area is 271 Å². The van der Waals surface area contributed by atoms with E-state index in [1.54, 1.807) is 0 Å². The van der Waals surface area contributed by atoms with Gasteiger partial charge in [0, 0.05) is 63.5 Å². The predicted octanol–water partition coefficient (Wildman–Crippen LogP) is 7.57. The lowest BCUT2D eigenvalue weighted by molar-refractivity contribution is -0.137. The highest BCUT2D eigenvalue weighted by Crippen LogP contribution is 2.56. The molecule has 1 N–H and O–H groups in total. The smallest absolute Gasteiger partial charge is 0.339 e. The van der Waals surface area contributed by atoms with E-state index in [4.69, 9.17) is 39.0 Å². The number of nitrogens with zero attached hydrogens (tertiary/aromatic N) is 1. The van der Waals surface area contributed by atoms with E-state index in [-0.39, 0.29) is 63.6 Å². The number of Topliss-reactive ketones (excluding diaryl/α,β-unsaturated/α-hetero) is 2. The van der Waals surface area contributed by atoms with Gasteiger partial charge in [0.1, 0.15) is 4.90 Å².